The number of hydrogen-bond donors (Lipinski definition) is 4. The molecule has 0 rings (SSSR count). The summed E-state index contributed by atoms with van der Waals surface area (Å²) < 4.78 is 0.550. The molecular weight excluding hydrogens is 224 g/mol. The molecule has 0 atom stereocenters. The normalized spacial score (nSPS) is 12.2. The van der Waals surface area contributed by atoms with Gasteiger partial charge in [0, 0.05) is 19.1 Å². The standard InChI is InChI=1S/C5H9BrN6/c1-9-12-5(11-8)10-3-4(6)2-7/h2-3,7H,1,8H2,(H2,10,11,12)/b4-3+,7-2?. The van der Waals surface area contributed by atoms with Gasteiger partial charge in [-0.15, -0.1) is 5.10 Å². The van der Waals surface area contributed by atoms with Crippen LogP contribution in [0.15, 0.2) is 20.9 Å². The Morgan fingerprint density at radius 2 is 2.33 bits per heavy atom. The zero-order valence-electron chi connectivity index (χ0n) is 6.21. The topological polar surface area (TPSA) is 98.7 Å². The highest BCUT2D eigenvalue weighted by molar-refractivity contribution is 9.12. The Labute approximate surface area is 78.2 Å². The molecule has 0 aliphatic rings. The van der Waals surface area contributed by atoms with Crippen LogP contribution in [0, 0.1) is 5.41 Å². The van der Waals surface area contributed by atoms with E-state index in [0.717, 1.165) is 6.21 Å². The van der Waals surface area contributed by atoms with Crippen molar-refractivity contribution in [1.29, 1.82) is 5.41 Å². The van der Waals surface area contributed by atoms with E-state index in [1.54, 1.807) is 0 Å². The Balaban J connectivity index is 4.13. The van der Waals surface area contributed by atoms with Crippen molar-refractivity contribution in [2.75, 3.05) is 0 Å². The van der Waals surface area contributed by atoms with Crippen LogP contribution in [0.5, 0.6) is 0 Å². The fourth-order valence-corrected chi connectivity index (χ4v) is 0.464. The van der Waals surface area contributed by atoms with Gasteiger partial charge in [-0.2, -0.15) is 5.10 Å². The molecule has 0 radical (unpaired) electrons. The minimum absolute atomic E-state index is 0.240. The zero-order chi connectivity index (χ0) is 9.40. The first-order valence-corrected chi connectivity index (χ1v) is 3.67. The van der Waals surface area contributed by atoms with E-state index in [4.69, 9.17) is 11.3 Å². The minimum Gasteiger partial charge on any atom is -0.329 e. The number of rotatable bonds is 3. The summed E-state index contributed by atoms with van der Waals surface area (Å²) in [5.74, 6) is 5.29. The van der Waals surface area contributed by atoms with E-state index in [0.29, 0.717) is 4.48 Å². The summed E-state index contributed by atoms with van der Waals surface area (Å²) in [5, 5.41) is 16.2. The summed E-state index contributed by atoms with van der Waals surface area (Å²) in [7, 11) is 0. The molecule has 0 heterocycles. The van der Waals surface area contributed by atoms with Gasteiger partial charge in [0.05, 0.1) is 4.48 Å². The molecule has 5 N–H and O–H groups in total. The Kier molecular flexibility index (Phi) is 5.84. The van der Waals surface area contributed by atoms with Gasteiger partial charge in [0.25, 0.3) is 0 Å². The Morgan fingerprint density at radius 1 is 1.67 bits per heavy atom. The molecule has 0 bridgehead atoms. The Bertz CT molecular complexity index is 220. The van der Waals surface area contributed by atoms with Crippen LogP contribution in [-0.4, -0.2) is 18.9 Å². The number of nitrogens with zero attached hydrogens (tertiary/aromatic N) is 2. The Hall–Kier alpha value is -1.21. The van der Waals surface area contributed by atoms with Gasteiger partial charge in [-0.25, -0.2) is 5.84 Å². The number of hydrazine groups is 1. The third-order valence-electron chi connectivity index (χ3n) is 0.792. The second kappa shape index (κ2) is 6.50. The highest BCUT2D eigenvalue weighted by Gasteiger charge is 1.90. The maximum atomic E-state index is 6.80. The van der Waals surface area contributed by atoms with E-state index >= 15 is 0 Å². The second-order valence-electron chi connectivity index (χ2n) is 1.55. The molecule has 0 aromatic carbocycles. The molecule has 0 saturated heterocycles. The van der Waals surface area contributed by atoms with Gasteiger partial charge in [0.2, 0.25) is 5.96 Å². The smallest absolute Gasteiger partial charge is 0.234 e. The van der Waals surface area contributed by atoms with Gasteiger partial charge in [0.15, 0.2) is 0 Å². The van der Waals surface area contributed by atoms with Crippen molar-refractivity contribution in [1.82, 2.24) is 10.7 Å². The molecule has 0 saturated carbocycles. The summed E-state index contributed by atoms with van der Waals surface area (Å²) in [5.41, 5.74) is 2.25. The molecule has 0 spiro atoms. The minimum atomic E-state index is 0.240. The van der Waals surface area contributed by atoms with Crippen LogP contribution in [0.2, 0.25) is 0 Å². The van der Waals surface area contributed by atoms with Crippen LogP contribution >= 0.6 is 15.9 Å². The average molecular weight is 233 g/mol. The first-order chi connectivity index (χ1) is 5.74. The number of nitrogens with two attached hydrogens (primary N) is 1. The van der Waals surface area contributed by atoms with Crippen LogP contribution < -0.4 is 16.6 Å². The summed E-state index contributed by atoms with van der Waals surface area (Å²) in [6.07, 6.45) is 2.60. The molecule has 0 aliphatic heterocycles. The highest BCUT2D eigenvalue weighted by atomic mass is 79.9. The van der Waals surface area contributed by atoms with Crippen molar-refractivity contribution >= 4 is 34.8 Å². The molecule has 12 heavy (non-hydrogen) atoms. The van der Waals surface area contributed by atoms with Crippen LogP contribution in [-0.2, 0) is 0 Å². The summed E-state index contributed by atoms with van der Waals surface area (Å²) in [6, 6.07) is 0. The van der Waals surface area contributed by atoms with Crippen molar-refractivity contribution < 1.29 is 0 Å². The molecule has 0 fully saturated rings. The zero-order valence-corrected chi connectivity index (χ0v) is 7.80. The molecule has 66 valence electrons. The largest absolute Gasteiger partial charge is 0.329 e. The van der Waals surface area contributed by atoms with E-state index in [1.807, 2.05) is 0 Å². The van der Waals surface area contributed by atoms with Crippen LogP contribution in [0.1, 0.15) is 0 Å². The van der Waals surface area contributed by atoms with Gasteiger partial charge in [-0.3, -0.25) is 5.43 Å². The summed E-state index contributed by atoms with van der Waals surface area (Å²) >= 11 is 3.07. The lowest BCUT2D eigenvalue weighted by Gasteiger charge is -2.01. The Morgan fingerprint density at radius 3 is 2.75 bits per heavy atom. The SMILES string of the molecule is C=N/N=C(\NN)N/C=C(/Br)C=N. The average Bonchev–Trinajstić information content (AvgIpc) is 2.11. The molecule has 0 aliphatic carbocycles. The quantitative estimate of drug-likeness (QED) is 0.237. The van der Waals surface area contributed by atoms with Crippen molar-refractivity contribution in [3.05, 3.63) is 10.7 Å². The van der Waals surface area contributed by atoms with Crippen molar-refractivity contribution in [3.63, 3.8) is 0 Å². The molecular formula is C5H9BrN6. The van der Waals surface area contributed by atoms with Gasteiger partial charge < -0.3 is 10.7 Å². The van der Waals surface area contributed by atoms with E-state index < -0.39 is 0 Å². The van der Waals surface area contributed by atoms with Crippen LogP contribution in [0.3, 0.4) is 0 Å². The maximum absolute atomic E-state index is 6.80. The predicted octanol–water partition coefficient (Wildman–Crippen LogP) is -0.103. The lowest BCUT2D eigenvalue weighted by Crippen LogP contribution is -2.38. The molecule has 0 aromatic rings. The van der Waals surface area contributed by atoms with Gasteiger partial charge >= 0.3 is 0 Å². The van der Waals surface area contributed by atoms with Crippen LogP contribution in [0.4, 0.5) is 0 Å². The molecule has 0 aromatic heterocycles. The number of allylic oxidation sites excluding steroid dienone is 1. The lowest BCUT2D eigenvalue weighted by atomic mass is 10.6. The number of halogens is 1. The molecule has 0 unspecified atom stereocenters. The lowest BCUT2D eigenvalue weighted by molar-refractivity contribution is 0.946. The van der Waals surface area contributed by atoms with Gasteiger partial charge in [0.1, 0.15) is 0 Å². The van der Waals surface area contributed by atoms with E-state index in [-0.39, 0.29) is 5.96 Å². The van der Waals surface area contributed by atoms with E-state index in [1.165, 1.54) is 6.20 Å². The highest BCUT2D eigenvalue weighted by Crippen LogP contribution is 1.96. The first kappa shape index (κ1) is 10.8. The van der Waals surface area contributed by atoms with Gasteiger partial charge in [-0.1, -0.05) is 0 Å². The molecule has 7 heteroatoms. The summed E-state index contributed by atoms with van der Waals surface area (Å²) in [4.78, 5) is 0. The third kappa shape index (κ3) is 4.58. The fourth-order valence-electron chi connectivity index (χ4n) is 0.349. The number of nitrogens with one attached hydrogen (secondary N) is 3. The predicted molar refractivity (Wildman–Crippen MR) is 53.2 cm³/mol. The second-order valence-corrected chi connectivity index (χ2v) is 2.47. The fraction of sp³-hybridized carbons (Fsp3) is 0. The first-order valence-electron chi connectivity index (χ1n) is 2.87. The van der Waals surface area contributed by atoms with E-state index in [9.17, 15) is 0 Å². The molecule has 0 amide bonds. The number of guanidine groups is 1. The van der Waals surface area contributed by atoms with Gasteiger partial charge in [-0.05, 0) is 15.9 Å². The number of hydrogen-bond acceptors (Lipinski definition) is 4. The summed E-state index contributed by atoms with van der Waals surface area (Å²) in [6.45, 7) is 3.15. The monoisotopic (exact) mass is 232 g/mol. The van der Waals surface area contributed by atoms with E-state index in [2.05, 4.69) is 43.6 Å². The van der Waals surface area contributed by atoms with Crippen molar-refractivity contribution in [2.24, 2.45) is 16.0 Å². The maximum Gasteiger partial charge on any atom is 0.234 e. The molecule has 6 nitrogen and oxygen atoms in total. The third-order valence-corrected chi connectivity index (χ3v) is 1.25. The van der Waals surface area contributed by atoms with Crippen molar-refractivity contribution in [3.8, 4) is 0 Å². The van der Waals surface area contributed by atoms with Crippen LogP contribution in [0.25, 0.3) is 0 Å². The van der Waals surface area contributed by atoms with Crippen molar-refractivity contribution in [2.45, 2.75) is 0 Å².